The van der Waals surface area contributed by atoms with Crippen LogP contribution in [0.3, 0.4) is 0 Å². The first-order chi connectivity index (χ1) is 12.8. The molecule has 27 heavy (non-hydrogen) atoms. The van der Waals surface area contributed by atoms with Crippen LogP contribution < -0.4 is 4.31 Å². The molecule has 0 fully saturated rings. The van der Waals surface area contributed by atoms with Crippen molar-refractivity contribution in [3.05, 3.63) is 59.7 Å². The van der Waals surface area contributed by atoms with Gasteiger partial charge in [0.15, 0.2) is 0 Å². The minimum absolute atomic E-state index is 0.134. The molecule has 2 aromatic carbocycles. The van der Waals surface area contributed by atoms with Crippen molar-refractivity contribution >= 4 is 21.6 Å². The van der Waals surface area contributed by atoms with E-state index in [4.69, 9.17) is 0 Å². The Balaban J connectivity index is 1.92. The molecule has 0 unspecified atom stereocenters. The number of fused-ring (bicyclic) bond motifs is 1. The maximum Gasteiger partial charge on any atom is 0.264 e. The molecule has 1 heterocycles. The van der Waals surface area contributed by atoms with Gasteiger partial charge in [-0.3, -0.25) is 9.10 Å². The van der Waals surface area contributed by atoms with Crippen LogP contribution in [0.15, 0.2) is 53.4 Å². The quantitative estimate of drug-likeness (QED) is 0.763. The third-order valence-electron chi connectivity index (χ3n) is 4.77. The van der Waals surface area contributed by atoms with Gasteiger partial charge in [-0.25, -0.2) is 8.42 Å². The van der Waals surface area contributed by atoms with Crippen LogP contribution in [-0.2, 0) is 16.4 Å². The number of rotatable bonds is 6. The van der Waals surface area contributed by atoms with Crippen molar-refractivity contribution in [3.63, 3.8) is 0 Å². The topological polar surface area (TPSA) is 57.7 Å². The van der Waals surface area contributed by atoms with E-state index in [0.717, 1.165) is 11.3 Å². The van der Waals surface area contributed by atoms with Gasteiger partial charge in [0, 0.05) is 25.2 Å². The summed E-state index contributed by atoms with van der Waals surface area (Å²) in [7, 11) is -3.70. The molecule has 0 radical (unpaired) electrons. The van der Waals surface area contributed by atoms with Crippen LogP contribution in [0, 0.1) is 5.92 Å². The number of hydrogen-bond acceptors (Lipinski definition) is 3. The molecule has 0 aromatic heterocycles. The molecule has 144 valence electrons. The standard InChI is InChI=1S/C21H26N2O3S/c1-4-22(15-16(2)3)21(24)18-9-7-10-19(14-18)27(25,26)23-13-12-17-8-5-6-11-20(17)23/h5-11,14,16H,4,12-13,15H2,1-3H3. The van der Waals surface area contributed by atoms with Gasteiger partial charge >= 0.3 is 0 Å². The molecule has 0 bridgehead atoms. The van der Waals surface area contributed by atoms with Crippen molar-refractivity contribution in [1.29, 1.82) is 0 Å². The molecule has 0 saturated heterocycles. The normalized spacial score (nSPS) is 13.7. The Bertz CT molecular complexity index is 938. The SMILES string of the molecule is CCN(CC(C)C)C(=O)c1cccc(S(=O)(=O)N2CCc3ccccc32)c1. The van der Waals surface area contributed by atoms with E-state index in [1.165, 1.54) is 10.4 Å². The lowest BCUT2D eigenvalue weighted by Crippen LogP contribution is -2.34. The third-order valence-corrected chi connectivity index (χ3v) is 6.58. The Morgan fingerprint density at radius 3 is 2.59 bits per heavy atom. The highest BCUT2D eigenvalue weighted by Crippen LogP contribution is 2.32. The van der Waals surface area contributed by atoms with Gasteiger partial charge in [0.2, 0.25) is 0 Å². The van der Waals surface area contributed by atoms with Crippen molar-refractivity contribution in [2.24, 2.45) is 5.92 Å². The van der Waals surface area contributed by atoms with E-state index in [1.54, 1.807) is 23.1 Å². The van der Waals surface area contributed by atoms with Crippen LogP contribution >= 0.6 is 0 Å². The minimum atomic E-state index is -3.70. The minimum Gasteiger partial charge on any atom is -0.339 e. The fraction of sp³-hybridized carbons (Fsp3) is 0.381. The fourth-order valence-electron chi connectivity index (χ4n) is 3.45. The average molecular weight is 387 g/mol. The first kappa shape index (κ1) is 19.4. The van der Waals surface area contributed by atoms with Crippen molar-refractivity contribution in [3.8, 4) is 0 Å². The zero-order chi connectivity index (χ0) is 19.6. The highest BCUT2D eigenvalue weighted by Gasteiger charge is 2.31. The molecule has 6 heteroatoms. The van der Waals surface area contributed by atoms with Crippen molar-refractivity contribution in [2.45, 2.75) is 32.1 Å². The van der Waals surface area contributed by atoms with Gasteiger partial charge in [-0.1, -0.05) is 38.1 Å². The number of sulfonamides is 1. The lowest BCUT2D eigenvalue weighted by atomic mass is 10.1. The van der Waals surface area contributed by atoms with Crippen LogP contribution in [0.2, 0.25) is 0 Å². The Labute approximate surface area is 161 Å². The summed E-state index contributed by atoms with van der Waals surface area (Å²) in [4.78, 5) is 14.7. The molecule has 3 rings (SSSR count). The zero-order valence-corrected chi connectivity index (χ0v) is 16.9. The molecule has 5 nitrogen and oxygen atoms in total. The number of carbonyl (C=O) groups excluding carboxylic acids is 1. The molecule has 0 aliphatic carbocycles. The van der Waals surface area contributed by atoms with E-state index < -0.39 is 10.0 Å². The van der Waals surface area contributed by atoms with Gasteiger partial charge in [-0.15, -0.1) is 0 Å². The molecule has 1 amide bonds. The lowest BCUT2D eigenvalue weighted by Gasteiger charge is -2.24. The summed E-state index contributed by atoms with van der Waals surface area (Å²) in [5, 5.41) is 0. The molecular weight excluding hydrogens is 360 g/mol. The highest BCUT2D eigenvalue weighted by atomic mass is 32.2. The average Bonchev–Trinajstić information content (AvgIpc) is 3.10. The summed E-state index contributed by atoms with van der Waals surface area (Å²) in [6.45, 7) is 7.71. The number of para-hydroxylation sites is 1. The van der Waals surface area contributed by atoms with Gasteiger partial charge in [-0.2, -0.15) is 0 Å². The predicted molar refractivity (Wildman–Crippen MR) is 108 cm³/mol. The molecule has 0 atom stereocenters. The Morgan fingerprint density at radius 2 is 1.89 bits per heavy atom. The smallest absolute Gasteiger partial charge is 0.264 e. The molecular formula is C21H26N2O3S. The zero-order valence-electron chi connectivity index (χ0n) is 16.1. The fourth-order valence-corrected chi connectivity index (χ4v) is 5.00. The molecule has 2 aromatic rings. The number of nitrogens with zero attached hydrogens (tertiary/aromatic N) is 2. The summed E-state index contributed by atoms with van der Waals surface area (Å²) in [6, 6.07) is 13.9. The monoisotopic (exact) mass is 386 g/mol. The number of benzene rings is 2. The third kappa shape index (κ3) is 3.86. The van der Waals surface area contributed by atoms with Crippen LogP contribution in [0.5, 0.6) is 0 Å². The predicted octanol–water partition coefficient (Wildman–Crippen LogP) is 3.56. The van der Waals surface area contributed by atoms with E-state index in [1.807, 2.05) is 31.2 Å². The molecule has 0 spiro atoms. The van der Waals surface area contributed by atoms with Gasteiger partial charge in [-0.05, 0) is 49.1 Å². The van der Waals surface area contributed by atoms with Crippen LogP contribution in [0.1, 0.15) is 36.7 Å². The first-order valence-electron chi connectivity index (χ1n) is 9.34. The Morgan fingerprint density at radius 1 is 1.15 bits per heavy atom. The number of hydrogen-bond donors (Lipinski definition) is 0. The molecule has 0 saturated carbocycles. The highest BCUT2D eigenvalue weighted by molar-refractivity contribution is 7.92. The largest absolute Gasteiger partial charge is 0.339 e. The van der Waals surface area contributed by atoms with Crippen LogP contribution in [0.25, 0.3) is 0 Å². The molecule has 0 N–H and O–H groups in total. The number of anilines is 1. The van der Waals surface area contributed by atoms with Gasteiger partial charge in [0.1, 0.15) is 0 Å². The summed E-state index contributed by atoms with van der Waals surface area (Å²) in [5.41, 5.74) is 2.16. The second-order valence-corrected chi connectivity index (χ2v) is 9.08. The van der Waals surface area contributed by atoms with Crippen LogP contribution in [0.4, 0.5) is 5.69 Å². The van der Waals surface area contributed by atoms with E-state index in [9.17, 15) is 13.2 Å². The van der Waals surface area contributed by atoms with Gasteiger partial charge in [0.25, 0.3) is 15.9 Å². The van der Waals surface area contributed by atoms with E-state index in [2.05, 4.69) is 13.8 Å². The van der Waals surface area contributed by atoms with Crippen molar-refractivity contribution in [1.82, 2.24) is 4.90 Å². The second-order valence-electron chi connectivity index (χ2n) is 7.22. The number of amides is 1. The van der Waals surface area contributed by atoms with Crippen molar-refractivity contribution in [2.75, 3.05) is 23.9 Å². The second kappa shape index (κ2) is 7.72. The molecule has 1 aliphatic rings. The van der Waals surface area contributed by atoms with Gasteiger partial charge < -0.3 is 4.90 Å². The Kier molecular flexibility index (Phi) is 5.56. The first-order valence-corrected chi connectivity index (χ1v) is 10.8. The summed E-state index contributed by atoms with van der Waals surface area (Å²) < 4.78 is 27.8. The summed E-state index contributed by atoms with van der Waals surface area (Å²) in [5.74, 6) is 0.215. The van der Waals surface area contributed by atoms with E-state index in [-0.39, 0.29) is 10.8 Å². The lowest BCUT2D eigenvalue weighted by molar-refractivity contribution is 0.0745. The van der Waals surface area contributed by atoms with E-state index >= 15 is 0 Å². The summed E-state index contributed by atoms with van der Waals surface area (Å²) >= 11 is 0. The van der Waals surface area contributed by atoms with Crippen molar-refractivity contribution < 1.29 is 13.2 Å². The maximum atomic E-state index is 13.2. The molecule has 1 aliphatic heterocycles. The number of carbonyl (C=O) groups is 1. The van der Waals surface area contributed by atoms with Crippen LogP contribution in [-0.4, -0.2) is 38.9 Å². The maximum absolute atomic E-state index is 13.2. The van der Waals surface area contributed by atoms with E-state index in [0.29, 0.717) is 37.5 Å². The Hall–Kier alpha value is -2.34. The summed E-state index contributed by atoms with van der Waals surface area (Å²) in [6.07, 6.45) is 0.700. The van der Waals surface area contributed by atoms with Gasteiger partial charge in [0.05, 0.1) is 10.6 Å².